The molecule has 0 unspecified atom stereocenters. The van der Waals surface area contributed by atoms with E-state index < -0.39 is 24.0 Å². The van der Waals surface area contributed by atoms with Crippen molar-refractivity contribution >= 4 is 17.9 Å². The molecule has 3 rings (SSSR count). The molecule has 0 saturated carbocycles. The Balaban J connectivity index is 1.53. The van der Waals surface area contributed by atoms with E-state index in [0.717, 1.165) is 44.0 Å². The minimum Gasteiger partial charge on any atom is -0.379 e. The van der Waals surface area contributed by atoms with Crippen LogP contribution in [0, 0.1) is 11.8 Å². The standard InChI is InChI=1S/C27H31N3O5/c1-20(34-2)25(27(32)29-33)28-26(31)24-13-11-22(12-14-24)6-4-3-5-21-7-9-23(10-8-21)19-30-15-17-35-18-16-30/h3,5,7-14,20,25,33H,15-19H2,1-2H3,(H,28,31)(H,29,32)/t20-,25+/m1/s1. The van der Waals surface area contributed by atoms with E-state index in [1.807, 2.05) is 6.08 Å². The second kappa shape index (κ2) is 13.4. The largest absolute Gasteiger partial charge is 0.379 e. The average Bonchev–Trinajstić information content (AvgIpc) is 2.90. The molecular weight excluding hydrogens is 446 g/mol. The number of morpholine rings is 1. The number of hydrogen-bond acceptors (Lipinski definition) is 6. The highest BCUT2D eigenvalue weighted by molar-refractivity contribution is 5.97. The van der Waals surface area contributed by atoms with Crippen molar-refractivity contribution in [1.29, 1.82) is 0 Å². The fraction of sp³-hybridized carbons (Fsp3) is 0.333. The summed E-state index contributed by atoms with van der Waals surface area (Å²) in [6, 6.07) is 14.1. The lowest BCUT2D eigenvalue weighted by molar-refractivity contribution is -0.134. The van der Waals surface area contributed by atoms with Crippen LogP contribution in [0.4, 0.5) is 0 Å². The zero-order valence-electron chi connectivity index (χ0n) is 20.0. The molecule has 0 aliphatic carbocycles. The van der Waals surface area contributed by atoms with Crippen LogP contribution in [-0.4, -0.2) is 67.5 Å². The van der Waals surface area contributed by atoms with E-state index in [0.29, 0.717) is 5.56 Å². The third kappa shape index (κ3) is 8.05. The number of hydrogen-bond donors (Lipinski definition) is 3. The number of allylic oxidation sites excluding steroid dienone is 1. The van der Waals surface area contributed by atoms with Crippen LogP contribution in [0.5, 0.6) is 0 Å². The Bertz CT molecular complexity index is 1060. The van der Waals surface area contributed by atoms with Gasteiger partial charge in [0.1, 0.15) is 6.04 Å². The molecule has 8 heteroatoms. The van der Waals surface area contributed by atoms with E-state index in [1.165, 1.54) is 12.7 Å². The van der Waals surface area contributed by atoms with Crippen LogP contribution >= 0.6 is 0 Å². The molecule has 0 bridgehead atoms. The molecule has 184 valence electrons. The maximum atomic E-state index is 12.5. The Kier molecular flexibility index (Phi) is 10.0. The minimum absolute atomic E-state index is 0.363. The van der Waals surface area contributed by atoms with E-state index in [4.69, 9.17) is 14.7 Å². The molecule has 1 fully saturated rings. The lowest BCUT2D eigenvalue weighted by atomic mass is 10.1. The van der Waals surface area contributed by atoms with Crippen molar-refractivity contribution in [3.63, 3.8) is 0 Å². The highest BCUT2D eigenvalue weighted by atomic mass is 16.5. The third-order valence-corrected chi connectivity index (χ3v) is 5.73. The molecule has 1 aliphatic rings. The van der Waals surface area contributed by atoms with Gasteiger partial charge >= 0.3 is 0 Å². The molecule has 3 N–H and O–H groups in total. The van der Waals surface area contributed by atoms with Gasteiger partial charge in [0.15, 0.2) is 0 Å². The smallest absolute Gasteiger partial charge is 0.268 e. The molecule has 2 amide bonds. The molecule has 0 radical (unpaired) electrons. The lowest BCUT2D eigenvalue weighted by Gasteiger charge is -2.26. The van der Waals surface area contributed by atoms with Crippen LogP contribution in [0.25, 0.3) is 6.08 Å². The monoisotopic (exact) mass is 477 g/mol. The zero-order chi connectivity index (χ0) is 25.0. The minimum atomic E-state index is -1.03. The van der Waals surface area contributed by atoms with Crippen molar-refractivity contribution in [1.82, 2.24) is 15.7 Å². The number of hydroxylamine groups is 1. The Morgan fingerprint density at radius 1 is 1.14 bits per heavy atom. The topological polar surface area (TPSA) is 100 Å². The summed E-state index contributed by atoms with van der Waals surface area (Å²) in [6.07, 6.45) is 3.13. The number of amides is 2. The van der Waals surface area contributed by atoms with Gasteiger partial charge < -0.3 is 14.8 Å². The van der Waals surface area contributed by atoms with Crippen LogP contribution in [0.2, 0.25) is 0 Å². The van der Waals surface area contributed by atoms with Crippen molar-refractivity contribution in [2.45, 2.75) is 25.6 Å². The van der Waals surface area contributed by atoms with E-state index in [1.54, 1.807) is 42.7 Å². The second-order valence-electron chi connectivity index (χ2n) is 8.18. The normalized spacial score (nSPS) is 15.6. The fourth-order valence-corrected chi connectivity index (χ4v) is 3.55. The molecular formula is C27H31N3O5. The maximum Gasteiger partial charge on any atom is 0.268 e. The first-order valence-electron chi connectivity index (χ1n) is 11.4. The van der Waals surface area contributed by atoms with Crippen LogP contribution in [0.3, 0.4) is 0 Å². The number of carbonyl (C=O) groups is 2. The summed E-state index contributed by atoms with van der Waals surface area (Å²) >= 11 is 0. The van der Waals surface area contributed by atoms with Gasteiger partial charge in [0.05, 0.1) is 19.3 Å². The van der Waals surface area contributed by atoms with Gasteiger partial charge in [-0.05, 0) is 54.5 Å². The summed E-state index contributed by atoms with van der Waals surface area (Å²) < 4.78 is 10.5. The maximum absolute atomic E-state index is 12.5. The summed E-state index contributed by atoms with van der Waals surface area (Å²) in [5.74, 6) is 4.83. The Hall–Kier alpha value is -3.48. The van der Waals surface area contributed by atoms with Crippen LogP contribution in [0.1, 0.15) is 34.0 Å². The highest BCUT2D eigenvalue weighted by Gasteiger charge is 2.27. The van der Waals surface area contributed by atoms with Crippen LogP contribution in [0.15, 0.2) is 54.6 Å². The number of ether oxygens (including phenoxy) is 2. The number of nitrogens with zero attached hydrogens (tertiary/aromatic N) is 1. The average molecular weight is 478 g/mol. The molecule has 2 atom stereocenters. The number of carbonyl (C=O) groups excluding carboxylic acids is 2. The molecule has 1 saturated heterocycles. The Morgan fingerprint density at radius 2 is 1.83 bits per heavy atom. The summed E-state index contributed by atoms with van der Waals surface area (Å²) in [5.41, 5.74) is 5.01. The van der Waals surface area contributed by atoms with Crippen molar-refractivity contribution in [3.05, 3.63) is 76.9 Å². The van der Waals surface area contributed by atoms with E-state index >= 15 is 0 Å². The first-order chi connectivity index (χ1) is 17.0. The molecule has 8 nitrogen and oxygen atoms in total. The molecule has 2 aromatic rings. The molecule has 2 aromatic carbocycles. The number of benzene rings is 2. The van der Waals surface area contributed by atoms with Crippen molar-refractivity contribution in [3.8, 4) is 11.8 Å². The quantitative estimate of drug-likeness (QED) is 0.306. The van der Waals surface area contributed by atoms with Gasteiger partial charge in [-0.3, -0.25) is 19.7 Å². The fourth-order valence-electron chi connectivity index (χ4n) is 3.55. The summed E-state index contributed by atoms with van der Waals surface area (Å²) in [4.78, 5) is 26.7. The molecule has 35 heavy (non-hydrogen) atoms. The van der Waals surface area contributed by atoms with Crippen LogP contribution < -0.4 is 10.8 Å². The van der Waals surface area contributed by atoms with Gasteiger partial charge in [-0.1, -0.05) is 36.1 Å². The van der Waals surface area contributed by atoms with Gasteiger partial charge in [-0.15, -0.1) is 0 Å². The first-order valence-corrected chi connectivity index (χ1v) is 11.4. The van der Waals surface area contributed by atoms with Gasteiger partial charge in [-0.2, -0.15) is 0 Å². The van der Waals surface area contributed by atoms with Crippen molar-refractivity contribution < 1.29 is 24.3 Å². The first kappa shape index (κ1) is 26.1. The van der Waals surface area contributed by atoms with Crippen molar-refractivity contribution in [2.75, 3.05) is 33.4 Å². The summed E-state index contributed by atoms with van der Waals surface area (Å²) in [7, 11) is 1.41. The van der Waals surface area contributed by atoms with Crippen molar-refractivity contribution in [2.24, 2.45) is 0 Å². The van der Waals surface area contributed by atoms with Gasteiger partial charge in [0.25, 0.3) is 11.8 Å². The predicted octanol–water partition coefficient (Wildman–Crippen LogP) is 2.22. The highest BCUT2D eigenvalue weighted by Crippen LogP contribution is 2.10. The summed E-state index contributed by atoms with van der Waals surface area (Å²) in [5, 5.41) is 11.4. The molecule has 0 spiro atoms. The van der Waals surface area contributed by atoms with E-state index in [9.17, 15) is 9.59 Å². The van der Waals surface area contributed by atoms with Gasteiger partial charge in [0, 0.05) is 37.9 Å². The molecule has 1 aliphatic heterocycles. The molecule has 0 aromatic heterocycles. The Morgan fingerprint density at radius 3 is 2.46 bits per heavy atom. The van der Waals surface area contributed by atoms with Crippen LogP contribution in [-0.2, 0) is 20.8 Å². The zero-order valence-corrected chi connectivity index (χ0v) is 20.0. The lowest BCUT2D eigenvalue weighted by Crippen LogP contribution is -2.52. The number of nitrogens with one attached hydrogen (secondary N) is 2. The van der Waals surface area contributed by atoms with Gasteiger partial charge in [-0.25, -0.2) is 5.48 Å². The molecule has 1 heterocycles. The third-order valence-electron chi connectivity index (χ3n) is 5.73. The predicted molar refractivity (Wildman–Crippen MR) is 133 cm³/mol. The summed E-state index contributed by atoms with van der Waals surface area (Å²) in [6.45, 7) is 6.09. The SMILES string of the molecule is CO[C@H](C)[C@H](NC(=O)c1ccc(C#CC=Cc2ccc(CN3CCOCC3)cc2)cc1)C(=O)NO. The van der Waals surface area contributed by atoms with E-state index in [-0.39, 0.29) is 0 Å². The number of methoxy groups -OCH3 is 1. The van der Waals surface area contributed by atoms with E-state index in [2.05, 4.69) is 46.3 Å². The second-order valence-corrected chi connectivity index (χ2v) is 8.18. The van der Waals surface area contributed by atoms with Gasteiger partial charge in [0.2, 0.25) is 0 Å². The Labute approximate surface area is 205 Å². The number of rotatable bonds is 8.